The Bertz CT molecular complexity index is 594. The van der Waals surface area contributed by atoms with Gasteiger partial charge < -0.3 is 5.73 Å². The molecule has 2 N–H and O–H groups in total. The van der Waals surface area contributed by atoms with Crippen LogP contribution in [0, 0.1) is 51.2 Å². The monoisotopic (exact) mass is 267 g/mol. The lowest BCUT2D eigenvalue weighted by molar-refractivity contribution is 0.184. The molecule has 20 heavy (non-hydrogen) atoms. The zero-order chi connectivity index (χ0) is 14.9. The molecule has 0 saturated carbocycles. The Hall–Kier alpha value is -2.29. The molecule has 0 radical (unpaired) electrons. The van der Waals surface area contributed by atoms with Crippen LogP contribution < -0.4 is 5.73 Å². The number of nitriles is 3. The fraction of sp³-hybridized carbons (Fsp3) is 0.533. The van der Waals surface area contributed by atoms with Crippen LogP contribution in [0.3, 0.4) is 0 Å². The molecule has 0 aromatic carbocycles. The summed E-state index contributed by atoms with van der Waals surface area (Å²) in [5.74, 6) is -0.222. The highest BCUT2D eigenvalue weighted by molar-refractivity contribution is 5.56. The molecule has 1 aliphatic heterocycles. The van der Waals surface area contributed by atoms with E-state index in [1.165, 1.54) is 0 Å². The molecule has 2 unspecified atom stereocenters. The van der Waals surface area contributed by atoms with Crippen LogP contribution in [0.5, 0.6) is 0 Å². The summed E-state index contributed by atoms with van der Waals surface area (Å²) < 4.78 is 0. The molecule has 5 nitrogen and oxygen atoms in total. The molecule has 0 amide bonds. The summed E-state index contributed by atoms with van der Waals surface area (Å²) in [7, 11) is 0. The number of hydrogen-bond donors (Lipinski definition) is 1. The van der Waals surface area contributed by atoms with E-state index in [-0.39, 0.29) is 17.5 Å². The summed E-state index contributed by atoms with van der Waals surface area (Å²) in [6, 6.07) is 6.21. The Morgan fingerprint density at radius 3 is 2.55 bits per heavy atom. The van der Waals surface area contributed by atoms with Crippen molar-refractivity contribution in [2.45, 2.75) is 13.8 Å². The molecule has 0 spiro atoms. The van der Waals surface area contributed by atoms with E-state index in [4.69, 9.17) is 5.73 Å². The second kappa shape index (κ2) is 5.00. The number of rotatable bonds is 1. The van der Waals surface area contributed by atoms with E-state index < -0.39 is 5.41 Å². The maximum atomic E-state index is 9.48. The highest BCUT2D eigenvalue weighted by atomic mass is 15.1. The summed E-state index contributed by atoms with van der Waals surface area (Å²) in [6.45, 7) is 6.39. The molecule has 102 valence electrons. The van der Waals surface area contributed by atoms with Crippen LogP contribution >= 0.6 is 0 Å². The van der Waals surface area contributed by atoms with Gasteiger partial charge in [0.2, 0.25) is 0 Å². The van der Waals surface area contributed by atoms with E-state index in [0.29, 0.717) is 5.57 Å². The van der Waals surface area contributed by atoms with E-state index >= 15 is 0 Å². The van der Waals surface area contributed by atoms with Crippen LogP contribution in [0.15, 0.2) is 22.9 Å². The average molecular weight is 267 g/mol. The van der Waals surface area contributed by atoms with Crippen molar-refractivity contribution in [1.82, 2.24) is 4.90 Å². The van der Waals surface area contributed by atoms with E-state index in [2.05, 4.69) is 30.0 Å². The topological polar surface area (TPSA) is 101 Å². The first-order chi connectivity index (χ1) is 9.55. The largest absolute Gasteiger partial charge is 0.399 e. The Kier molecular flexibility index (Phi) is 3.53. The van der Waals surface area contributed by atoms with E-state index in [1.54, 1.807) is 0 Å². The van der Waals surface area contributed by atoms with E-state index in [0.717, 1.165) is 25.2 Å². The lowest BCUT2D eigenvalue weighted by atomic mass is 9.61. The summed E-state index contributed by atoms with van der Waals surface area (Å²) >= 11 is 0. The third-order valence-corrected chi connectivity index (χ3v) is 4.60. The molecule has 5 heteroatoms. The van der Waals surface area contributed by atoms with Gasteiger partial charge in [-0.15, -0.1) is 0 Å². The number of fused-ring (bicyclic) bond motifs is 1. The van der Waals surface area contributed by atoms with Gasteiger partial charge in [-0.3, -0.25) is 4.90 Å². The fourth-order valence-electron chi connectivity index (χ4n) is 3.18. The first kappa shape index (κ1) is 14.1. The maximum absolute atomic E-state index is 9.48. The first-order valence-corrected chi connectivity index (χ1v) is 6.71. The quantitative estimate of drug-likeness (QED) is 0.771. The van der Waals surface area contributed by atoms with Gasteiger partial charge in [0.25, 0.3) is 0 Å². The molecule has 1 aliphatic carbocycles. The van der Waals surface area contributed by atoms with E-state index in [1.807, 2.05) is 13.0 Å². The van der Waals surface area contributed by atoms with Crippen molar-refractivity contribution in [2.24, 2.45) is 23.0 Å². The van der Waals surface area contributed by atoms with Crippen LogP contribution in [0.1, 0.15) is 13.8 Å². The zero-order valence-electron chi connectivity index (χ0n) is 11.7. The second-order valence-corrected chi connectivity index (χ2v) is 5.34. The summed E-state index contributed by atoms with van der Waals surface area (Å²) in [6.07, 6.45) is 2.01. The predicted molar refractivity (Wildman–Crippen MR) is 73.3 cm³/mol. The van der Waals surface area contributed by atoms with Crippen LogP contribution in [0.4, 0.5) is 0 Å². The van der Waals surface area contributed by atoms with Gasteiger partial charge in [-0.1, -0.05) is 19.9 Å². The Morgan fingerprint density at radius 2 is 2.05 bits per heavy atom. The van der Waals surface area contributed by atoms with Gasteiger partial charge in [0.1, 0.15) is 6.07 Å². The average Bonchev–Trinajstić information content (AvgIpc) is 2.49. The molecule has 0 fully saturated rings. The molecule has 0 aromatic heterocycles. The predicted octanol–water partition coefficient (Wildman–Crippen LogP) is 1.28. The molecule has 2 aliphatic rings. The second-order valence-electron chi connectivity index (χ2n) is 5.34. The number of nitrogens with two attached hydrogens (primary N) is 1. The fourth-order valence-corrected chi connectivity index (χ4v) is 3.18. The van der Waals surface area contributed by atoms with Gasteiger partial charge >= 0.3 is 0 Å². The van der Waals surface area contributed by atoms with Crippen molar-refractivity contribution in [2.75, 3.05) is 19.6 Å². The SMILES string of the molecule is CCN1CC=C2C(C#N)=C(N)C(C#N)(C#N)C(C)C2C1. The minimum atomic E-state index is -1.40. The molecular weight excluding hydrogens is 250 g/mol. The van der Waals surface area contributed by atoms with Gasteiger partial charge in [-0.05, 0) is 12.1 Å². The Balaban J connectivity index is 2.65. The van der Waals surface area contributed by atoms with Crippen molar-refractivity contribution in [3.8, 4) is 18.2 Å². The van der Waals surface area contributed by atoms with Crippen molar-refractivity contribution in [1.29, 1.82) is 15.8 Å². The van der Waals surface area contributed by atoms with Crippen molar-refractivity contribution >= 4 is 0 Å². The normalized spacial score (nSPS) is 28.6. The molecule has 0 saturated heterocycles. The summed E-state index contributed by atoms with van der Waals surface area (Å²) in [4.78, 5) is 2.24. The van der Waals surface area contributed by atoms with Gasteiger partial charge in [0, 0.05) is 24.9 Å². The lowest BCUT2D eigenvalue weighted by Crippen LogP contribution is -2.48. The Labute approximate surface area is 119 Å². The van der Waals surface area contributed by atoms with Gasteiger partial charge in [0.05, 0.1) is 23.4 Å². The molecule has 2 rings (SSSR count). The minimum absolute atomic E-state index is 0.00458. The smallest absolute Gasteiger partial charge is 0.187 e. The number of allylic oxidation sites excluding steroid dienone is 2. The first-order valence-electron chi connectivity index (χ1n) is 6.71. The van der Waals surface area contributed by atoms with Gasteiger partial charge in [0.15, 0.2) is 5.41 Å². The molecule has 2 atom stereocenters. The molecule has 0 bridgehead atoms. The Morgan fingerprint density at radius 1 is 1.40 bits per heavy atom. The van der Waals surface area contributed by atoms with Crippen molar-refractivity contribution in [3.63, 3.8) is 0 Å². The van der Waals surface area contributed by atoms with Crippen LogP contribution in [0.2, 0.25) is 0 Å². The van der Waals surface area contributed by atoms with Crippen LogP contribution in [-0.4, -0.2) is 24.5 Å². The number of nitrogens with zero attached hydrogens (tertiary/aromatic N) is 4. The van der Waals surface area contributed by atoms with Crippen molar-refractivity contribution in [3.05, 3.63) is 22.9 Å². The van der Waals surface area contributed by atoms with Gasteiger partial charge in [-0.2, -0.15) is 15.8 Å². The van der Waals surface area contributed by atoms with E-state index in [9.17, 15) is 15.8 Å². The van der Waals surface area contributed by atoms with Crippen molar-refractivity contribution < 1.29 is 0 Å². The summed E-state index contributed by atoms with van der Waals surface area (Å²) in [5.41, 5.74) is 5.96. The maximum Gasteiger partial charge on any atom is 0.187 e. The molecular formula is C15H17N5. The van der Waals surface area contributed by atoms with Gasteiger partial charge in [-0.25, -0.2) is 0 Å². The number of hydrogen-bond acceptors (Lipinski definition) is 5. The molecule has 0 aromatic rings. The molecule has 1 heterocycles. The van der Waals surface area contributed by atoms with Crippen LogP contribution in [-0.2, 0) is 0 Å². The zero-order valence-corrected chi connectivity index (χ0v) is 11.7. The minimum Gasteiger partial charge on any atom is -0.399 e. The lowest BCUT2D eigenvalue weighted by Gasteiger charge is -2.43. The highest BCUT2D eigenvalue weighted by Crippen LogP contribution is 2.48. The van der Waals surface area contributed by atoms with Crippen LogP contribution in [0.25, 0.3) is 0 Å². The number of likely N-dealkylation sites (N-methyl/N-ethyl adjacent to an activating group) is 1. The standard InChI is InChI=1S/C15H17N5/c1-3-20-5-4-11-12(6-16)14(19)15(8-17,9-18)10(2)13(11)7-20/h4,10,13H,3,5,7,19H2,1-2H3. The third kappa shape index (κ3) is 1.70. The summed E-state index contributed by atoms with van der Waals surface area (Å²) in [5, 5.41) is 28.3. The third-order valence-electron chi connectivity index (χ3n) is 4.60. The highest BCUT2D eigenvalue weighted by Gasteiger charge is 2.51.